The first kappa shape index (κ1) is 9.29. The summed E-state index contributed by atoms with van der Waals surface area (Å²) >= 11 is 0. The molecule has 0 N–H and O–H groups in total. The van der Waals surface area contributed by atoms with Gasteiger partial charge in [0.1, 0.15) is 6.33 Å². The van der Waals surface area contributed by atoms with Crippen LogP contribution in [0.4, 0.5) is 0 Å². The smallest absolute Gasteiger partial charge is 0.205 e. The fourth-order valence-electron chi connectivity index (χ4n) is 1.30. The highest BCUT2D eigenvalue weighted by atomic mass is 16.7. The summed E-state index contributed by atoms with van der Waals surface area (Å²) in [6.07, 6.45) is 1.27. The minimum absolute atomic E-state index is 0.114. The van der Waals surface area contributed by atoms with E-state index in [0.717, 1.165) is 0 Å². The summed E-state index contributed by atoms with van der Waals surface area (Å²) in [6, 6.07) is 0. The number of aromatic nitrogens is 3. The number of Topliss-reactive ketones (excluding diaryl/α,β-unsaturated/α-hetero) is 1. The van der Waals surface area contributed by atoms with Crippen LogP contribution in [0.1, 0.15) is 17.0 Å². The molecule has 0 radical (unpaired) electrons. The minimum Gasteiger partial charge on any atom is -0.350 e. The number of ketones is 1. The van der Waals surface area contributed by atoms with Crippen molar-refractivity contribution in [1.29, 1.82) is 0 Å². The summed E-state index contributed by atoms with van der Waals surface area (Å²) in [6.45, 7) is 1.10. The minimum atomic E-state index is -0.417. The predicted molar refractivity (Wildman–Crippen MR) is 45.6 cm³/mol. The van der Waals surface area contributed by atoms with Crippen LogP contribution in [0.2, 0.25) is 0 Å². The van der Waals surface area contributed by atoms with Gasteiger partial charge in [-0.25, -0.2) is 0 Å². The number of carbonyl (C=O) groups excluding carboxylic acids is 1. The Morgan fingerprint density at radius 2 is 2.36 bits per heavy atom. The van der Waals surface area contributed by atoms with Crippen LogP contribution in [0.15, 0.2) is 6.33 Å². The average molecular weight is 197 g/mol. The second-order valence-electron chi connectivity index (χ2n) is 3.06. The summed E-state index contributed by atoms with van der Waals surface area (Å²) in [5, 5.41) is 7.34. The van der Waals surface area contributed by atoms with Crippen LogP contribution in [-0.2, 0) is 16.5 Å². The van der Waals surface area contributed by atoms with Crippen LogP contribution in [0.25, 0.3) is 0 Å². The van der Waals surface area contributed by atoms with E-state index in [1.165, 1.54) is 6.33 Å². The molecule has 14 heavy (non-hydrogen) atoms. The van der Waals surface area contributed by atoms with Crippen molar-refractivity contribution in [2.75, 3.05) is 13.2 Å². The lowest BCUT2D eigenvalue weighted by molar-refractivity contribution is -0.0409. The van der Waals surface area contributed by atoms with Gasteiger partial charge in [0.05, 0.1) is 19.6 Å². The lowest BCUT2D eigenvalue weighted by atomic mass is 10.2. The Hall–Kier alpha value is -1.27. The van der Waals surface area contributed by atoms with Gasteiger partial charge >= 0.3 is 0 Å². The number of carbonyl (C=O) groups is 1. The first-order valence-electron chi connectivity index (χ1n) is 4.38. The molecule has 1 aliphatic rings. The fraction of sp³-hybridized carbons (Fsp3) is 0.625. The van der Waals surface area contributed by atoms with Crippen molar-refractivity contribution in [3.8, 4) is 0 Å². The average Bonchev–Trinajstić information content (AvgIpc) is 2.75. The van der Waals surface area contributed by atoms with Crippen molar-refractivity contribution in [3.05, 3.63) is 12.2 Å². The third-order valence-corrected chi connectivity index (χ3v) is 2.00. The fourth-order valence-corrected chi connectivity index (χ4v) is 1.30. The summed E-state index contributed by atoms with van der Waals surface area (Å²) in [5.74, 6) is 0.223. The number of hydrogen-bond donors (Lipinski definition) is 0. The first-order valence-corrected chi connectivity index (χ1v) is 4.38. The van der Waals surface area contributed by atoms with Gasteiger partial charge in [0.2, 0.25) is 5.78 Å². The van der Waals surface area contributed by atoms with Gasteiger partial charge in [-0.2, -0.15) is 0 Å². The van der Waals surface area contributed by atoms with Gasteiger partial charge in [0, 0.05) is 7.05 Å². The lowest BCUT2D eigenvalue weighted by Gasteiger charge is -2.06. The molecule has 1 aromatic rings. The Bertz CT molecular complexity index is 330. The molecule has 0 amide bonds. The largest absolute Gasteiger partial charge is 0.350 e. The van der Waals surface area contributed by atoms with E-state index in [-0.39, 0.29) is 12.2 Å². The van der Waals surface area contributed by atoms with E-state index in [4.69, 9.17) is 9.47 Å². The summed E-state index contributed by atoms with van der Waals surface area (Å²) in [5.41, 5.74) is 0. The molecule has 6 nitrogen and oxygen atoms in total. The van der Waals surface area contributed by atoms with Crippen LogP contribution in [0.5, 0.6) is 0 Å². The molecule has 2 rings (SSSR count). The third-order valence-electron chi connectivity index (χ3n) is 2.00. The molecule has 0 aliphatic carbocycles. The quantitative estimate of drug-likeness (QED) is 0.626. The normalized spacial score (nSPS) is 17.5. The molecule has 2 heterocycles. The highest BCUT2D eigenvalue weighted by Crippen LogP contribution is 2.10. The Morgan fingerprint density at radius 1 is 1.64 bits per heavy atom. The molecule has 0 spiro atoms. The Labute approximate surface area is 80.8 Å². The van der Waals surface area contributed by atoms with Gasteiger partial charge in [-0.15, -0.1) is 10.2 Å². The summed E-state index contributed by atoms with van der Waals surface area (Å²) in [4.78, 5) is 11.6. The van der Waals surface area contributed by atoms with Crippen LogP contribution < -0.4 is 0 Å². The molecule has 1 aliphatic heterocycles. The van der Waals surface area contributed by atoms with Crippen LogP contribution in [-0.4, -0.2) is 40.1 Å². The van der Waals surface area contributed by atoms with E-state index in [1.807, 2.05) is 0 Å². The Kier molecular flexibility index (Phi) is 2.55. The molecule has 0 atom stereocenters. The first-order chi connectivity index (χ1) is 6.77. The molecule has 0 bridgehead atoms. The van der Waals surface area contributed by atoms with E-state index in [2.05, 4.69) is 10.2 Å². The topological polar surface area (TPSA) is 66.2 Å². The molecule has 76 valence electrons. The summed E-state index contributed by atoms with van der Waals surface area (Å²) in [7, 11) is 1.73. The van der Waals surface area contributed by atoms with Crippen LogP contribution in [0.3, 0.4) is 0 Å². The Morgan fingerprint density at radius 3 is 2.93 bits per heavy atom. The van der Waals surface area contributed by atoms with Crippen LogP contribution >= 0.6 is 0 Å². The molecule has 1 aromatic heterocycles. The Balaban J connectivity index is 1.98. The zero-order valence-electron chi connectivity index (χ0n) is 7.84. The maximum Gasteiger partial charge on any atom is 0.205 e. The van der Waals surface area contributed by atoms with Gasteiger partial charge in [-0.1, -0.05) is 0 Å². The van der Waals surface area contributed by atoms with E-state index < -0.39 is 6.29 Å². The third kappa shape index (κ3) is 1.80. The van der Waals surface area contributed by atoms with Gasteiger partial charge in [0.25, 0.3) is 0 Å². The van der Waals surface area contributed by atoms with E-state index in [0.29, 0.717) is 19.0 Å². The van der Waals surface area contributed by atoms with Crippen molar-refractivity contribution in [2.45, 2.75) is 12.7 Å². The van der Waals surface area contributed by atoms with Crippen molar-refractivity contribution in [1.82, 2.24) is 14.8 Å². The van der Waals surface area contributed by atoms with E-state index in [9.17, 15) is 4.79 Å². The molecule has 0 saturated carbocycles. The number of rotatable bonds is 3. The molecule has 1 fully saturated rings. The van der Waals surface area contributed by atoms with Gasteiger partial charge in [-0.3, -0.25) is 4.79 Å². The molecule has 0 aromatic carbocycles. The highest BCUT2D eigenvalue weighted by molar-refractivity contribution is 5.92. The van der Waals surface area contributed by atoms with Crippen molar-refractivity contribution < 1.29 is 14.3 Å². The van der Waals surface area contributed by atoms with Crippen molar-refractivity contribution in [3.63, 3.8) is 0 Å². The lowest BCUT2D eigenvalue weighted by Crippen LogP contribution is -2.17. The molecular formula is C8H11N3O3. The van der Waals surface area contributed by atoms with Gasteiger partial charge < -0.3 is 14.0 Å². The van der Waals surface area contributed by atoms with Gasteiger partial charge in [0.15, 0.2) is 12.1 Å². The number of ether oxygens (including phenoxy) is 2. The second-order valence-corrected chi connectivity index (χ2v) is 3.06. The zero-order chi connectivity index (χ0) is 9.97. The van der Waals surface area contributed by atoms with Crippen LogP contribution in [0, 0.1) is 0 Å². The SMILES string of the molecule is Cn1cnnc1C(=O)CC1OCCO1. The molecule has 6 heteroatoms. The van der Waals surface area contributed by atoms with Crippen molar-refractivity contribution >= 4 is 5.78 Å². The monoisotopic (exact) mass is 197 g/mol. The maximum absolute atomic E-state index is 11.6. The molecule has 1 saturated heterocycles. The molecule has 0 unspecified atom stereocenters. The highest BCUT2D eigenvalue weighted by Gasteiger charge is 2.22. The standard InChI is InChI=1S/C8H11N3O3/c1-11-5-9-10-8(11)6(12)4-7-13-2-3-14-7/h5,7H,2-4H2,1H3. The predicted octanol–water partition coefficient (Wildman–Crippen LogP) is -0.239. The number of hydrogen-bond acceptors (Lipinski definition) is 5. The zero-order valence-corrected chi connectivity index (χ0v) is 7.84. The maximum atomic E-state index is 11.6. The van der Waals surface area contributed by atoms with Gasteiger partial charge in [-0.05, 0) is 0 Å². The second kappa shape index (κ2) is 3.85. The summed E-state index contributed by atoms with van der Waals surface area (Å²) < 4.78 is 11.9. The molecular weight excluding hydrogens is 186 g/mol. The van der Waals surface area contributed by atoms with Crippen molar-refractivity contribution in [2.24, 2.45) is 7.05 Å². The van der Waals surface area contributed by atoms with E-state index >= 15 is 0 Å². The number of aryl methyl sites for hydroxylation is 1. The number of nitrogens with zero attached hydrogens (tertiary/aromatic N) is 3. The van der Waals surface area contributed by atoms with E-state index in [1.54, 1.807) is 11.6 Å².